The molecule has 0 unspecified atom stereocenters. The largest absolute Gasteiger partial charge is 0.384 e. The third-order valence-corrected chi connectivity index (χ3v) is 7.79. The molecule has 4 aromatic rings. The Morgan fingerprint density at radius 1 is 1.11 bits per heavy atom. The second-order valence-electron chi connectivity index (χ2n) is 10.7. The Morgan fingerprint density at radius 2 is 1.94 bits per heavy atom. The summed E-state index contributed by atoms with van der Waals surface area (Å²) in [7, 11) is 0. The van der Waals surface area contributed by atoms with Crippen molar-refractivity contribution >= 4 is 33.4 Å². The molecule has 2 aliphatic rings. The molecular formula is C27H30FN5O2. The van der Waals surface area contributed by atoms with Crippen LogP contribution in [-0.4, -0.2) is 26.4 Å². The number of rotatable bonds is 4. The van der Waals surface area contributed by atoms with Gasteiger partial charge in [0.15, 0.2) is 17.3 Å². The number of nitrogens with two attached hydrogens (primary N) is 2. The standard InChI is InChI=1S/C27H30FN5O2/c1-25(2)34-24-26(3,10-8-16-4-6-20-17(14-16)5-7-21(29)32-20)11-12-27(24,35-25)33-13-9-18-22(33)19(28)15-31-23(18)30/h4-7,9,13-15,24H,8,10-12H2,1-3H3,(H2,29,32)(H2,30,31)/t24-,26+,27-/m1/s1. The van der Waals surface area contributed by atoms with E-state index < -0.39 is 17.3 Å². The van der Waals surface area contributed by atoms with Gasteiger partial charge in [-0.05, 0) is 80.8 Å². The zero-order valence-corrected chi connectivity index (χ0v) is 20.2. The first-order valence-electron chi connectivity index (χ1n) is 12.0. The van der Waals surface area contributed by atoms with E-state index in [0.717, 1.165) is 30.2 Å². The lowest BCUT2D eigenvalue weighted by molar-refractivity contribution is -0.189. The number of halogens is 1. The highest BCUT2D eigenvalue weighted by Gasteiger charge is 2.65. The number of fused-ring (bicyclic) bond motifs is 3. The van der Waals surface area contributed by atoms with Gasteiger partial charge in [0.1, 0.15) is 17.7 Å². The third-order valence-electron chi connectivity index (χ3n) is 7.79. The molecule has 8 heteroatoms. The van der Waals surface area contributed by atoms with E-state index in [4.69, 9.17) is 20.9 Å². The van der Waals surface area contributed by atoms with Crippen molar-refractivity contribution in [1.82, 2.24) is 14.5 Å². The van der Waals surface area contributed by atoms with E-state index in [-0.39, 0.29) is 11.5 Å². The summed E-state index contributed by atoms with van der Waals surface area (Å²) in [4.78, 5) is 8.38. The molecule has 4 heterocycles. The Balaban J connectivity index is 1.35. The Hall–Kier alpha value is -3.23. The van der Waals surface area contributed by atoms with Crippen LogP contribution in [0.15, 0.2) is 48.8 Å². The second-order valence-corrected chi connectivity index (χ2v) is 10.7. The van der Waals surface area contributed by atoms with Crippen LogP contribution in [0.4, 0.5) is 16.0 Å². The minimum absolute atomic E-state index is 0.173. The fraction of sp³-hybridized carbons (Fsp3) is 0.407. The van der Waals surface area contributed by atoms with Crippen molar-refractivity contribution in [2.24, 2.45) is 5.41 Å². The van der Waals surface area contributed by atoms with Gasteiger partial charge in [0.25, 0.3) is 0 Å². The van der Waals surface area contributed by atoms with Gasteiger partial charge >= 0.3 is 0 Å². The maximum absolute atomic E-state index is 15.0. The van der Waals surface area contributed by atoms with Crippen LogP contribution in [0.5, 0.6) is 0 Å². The lowest BCUT2D eigenvalue weighted by atomic mass is 9.79. The number of nitrogen functional groups attached to an aromatic ring is 2. The SMILES string of the molecule is CC1(C)O[C@@H]2[C@@](C)(CCc3ccc4nc(N)ccc4c3)CC[C@@]2(n2ccc3c(N)ncc(F)c32)O1. The van der Waals surface area contributed by atoms with Crippen molar-refractivity contribution in [3.63, 3.8) is 0 Å². The summed E-state index contributed by atoms with van der Waals surface area (Å²) in [5, 5.41) is 1.66. The number of benzene rings is 1. The van der Waals surface area contributed by atoms with E-state index in [9.17, 15) is 0 Å². The van der Waals surface area contributed by atoms with Crippen LogP contribution >= 0.6 is 0 Å². The maximum atomic E-state index is 15.0. The lowest BCUT2D eigenvalue weighted by Crippen LogP contribution is -2.44. The van der Waals surface area contributed by atoms with E-state index in [1.807, 2.05) is 48.9 Å². The van der Waals surface area contributed by atoms with Crippen LogP contribution in [0, 0.1) is 11.2 Å². The van der Waals surface area contributed by atoms with Crippen LogP contribution < -0.4 is 11.5 Å². The van der Waals surface area contributed by atoms with Crippen molar-refractivity contribution in [1.29, 1.82) is 0 Å². The topological polar surface area (TPSA) is 101 Å². The predicted octanol–water partition coefficient (Wildman–Crippen LogP) is 5.13. The summed E-state index contributed by atoms with van der Waals surface area (Å²) in [6.45, 7) is 6.10. The number of hydrogen-bond donors (Lipinski definition) is 2. The minimum atomic E-state index is -0.820. The van der Waals surface area contributed by atoms with Crippen LogP contribution in [0.25, 0.3) is 21.8 Å². The summed E-state index contributed by atoms with van der Waals surface area (Å²) in [6, 6.07) is 12.0. The summed E-state index contributed by atoms with van der Waals surface area (Å²) in [5.41, 5.74) is 13.4. The highest BCUT2D eigenvalue weighted by atomic mass is 19.1. The van der Waals surface area contributed by atoms with E-state index in [1.54, 1.807) is 0 Å². The molecule has 1 saturated heterocycles. The molecule has 1 saturated carbocycles. The molecule has 182 valence electrons. The normalized spacial score (nSPS) is 27.6. The molecule has 0 spiro atoms. The van der Waals surface area contributed by atoms with Gasteiger partial charge in [0, 0.05) is 17.0 Å². The summed E-state index contributed by atoms with van der Waals surface area (Å²) < 4.78 is 30.1. The molecule has 3 aromatic heterocycles. The molecule has 1 aliphatic heterocycles. The van der Waals surface area contributed by atoms with Crippen LogP contribution in [-0.2, 0) is 21.6 Å². The zero-order valence-electron chi connectivity index (χ0n) is 20.2. The average molecular weight is 476 g/mol. The van der Waals surface area contributed by atoms with Gasteiger partial charge in [-0.2, -0.15) is 0 Å². The molecule has 1 aromatic carbocycles. The number of aromatic nitrogens is 3. The van der Waals surface area contributed by atoms with Crippen LogP contribution in [0.2, 0.25) is 0 Å². The number of aryl methyl sites for hydroxylation is 1. The zero-order chi connectivity index (χ0) is 24.6. The molecule has 6 rings (SSSR count). The molecule has 0 radical (unpaired) electrons. The van der Waals surface area contributed by atoms with Gasteiger partial charge in [0.2, 0.25) is 0 Å². The van der Waals surface area contributed by atoms with Crippen molar-refractivity contribution in [3.8, 4) is 0 Å². The Kier molecular flexibility index (Phi) is 4.69. The smallest absolute Gasteiger partial charge is 0.175 e. The second kappa shape index (κ2) is 7.38. The van der Waals surface area contributed by atoms with Gasteiger partial charge in [-0.1, -0.05) is 13.0 Å². The Labute approximate surface area is 203 Å². The number of ether oxygens (including phenoxy) is 2. The van der Waals surface area contributed by atoms with E-state index in [0.29, 0.717) is 29.0 Å². The average Bonchev–Trinajstić information content (AvgIpc) is 3.46. The highest BCUT2D eigenvalue weighted by molar-refractivity contribution is 5.89. The van der Waals surface area contributed by atoms with Gasteiger partial charge in [0.05, 0.1) is 17.2 Å². The van der Waals surface area contributed by atoms with Crippen LogP contribution in [0.1, 0.15) is 45.6 Å². The first kappa shape index (κ1) is 22.2. The van der Waals surface area contributed by atoms with Gasteiger partial charge in [-0.25, -0.2) is 14.4 Å². The van der Waals surface area contributed by atoms with Crippen molar-refractivity contribution in [3.05, 3.63) is 60.2 Å². The molecule has 0 amide bonds. The van der Waals surface area contributed by atoms with Crippen molar-refractivity contribution in [2.45, 2.75) is 64.1 Å². The van der Waals surface area contributed by atoms with Crippen LogP contribution in [0.3, 0.4) is 0 Å². The fourth-order valence-corrected chi connectivity index (χ4v) is 6.13. The predicted molar refractivity (Wildman–Crippen MR) is 134 cm³/mol. The number of anilines is 2. The van der Waals surface area contributed by atoms with E-state index >= 15 is 4.39 Å². The highest BCUT2D eigenvalue weighted by Crippen LogP contribution is 2.59. The van der Waals surface area contributed by atoms with Crippen molar-refractivity contribution in [2.75, 3.05) is 11.5 Å². The summed E-state index contributed by atoms with van der Waals surface area (Å²) in [5.74, 6) is -0.390. The summed E-state index contributed by atoms with van der Waals surface area (Å²) >= 11 is 0. The number of hydrogen-bond acceptors (Lipinski definition) is 6. The van der Waals surface area contributed by atoms with E-state index in [2.05, 4.69) is 29.0 Å². The lowest BCUT2D eigenvalue weighted by Gasteiger charge is -2.35. The Bertz CT molecular complexity index is 1470. The molecular weight excluding hydrogens is 445 g/mol. The quantitative estimate of drug-likeness (QED) is 0.425. The molecule has 0 bridgehead atoms. The monoisotopic (exact) mass is 475 g/mol. The third kappa shape index (κ3) is 3.38. The first-order valence-corrected chi connectivity index (χ1v) is 12.0. The number of nitrogens with zero attached hydrogens (tertiary/aromatic N) is 3. The van der Waals surface area contributed by atoms with E-state index in [1.165, 1.54) is 11.8 Å². The Morgan fingerprint density at radius 3 is 2.77 bits per heavy atom. The minimum Gasteiger partial charge on any atom is -0.384 e. The molecule has 1 aliphatic carbocycles. The first-order chi connectivity index (χ1) is 16.6. The summed E-state index contributed by atoms with van der Waals surface area (Å²) in [6.07, 6.45) is 6.17. The van der Waals surface area contributed by atoms with Gasteiger partial charge in [-0.3, -0.25) is 0 Å². The molecule has 2 fully saturated rings. The molecule has 35 heavy (non-hydrogen) atoms. The molecule has 7 nitrogen and oxygen atoms in total. The maximum Gasteiger partial charge on any atom is 0.175 e. The molecule has 3 atom stereocenters. The molecule has 4 N–H and O–H groups in total. The number of pyridine rings is 2. The van der Waals surface area contributed by atoms with Crippen molar-refractivity contribution < 1.29 is 13.9 Å². The van der Waals surface area contributed by atoms with Gasteiger partial charge in [-0.15, -0.1) is 0 Å². The fourth-order valence-electron chi connectivity index (χ4n) is 6.13. The van der Waals surface area contributed by atoms with Gasteiger partial charge < -0.3 is 25.5 Å².